The van der Waals surface area contributed by atoms with E-state index in [9.17, 15) is 0 Å². The number of nitrogens with one attached hydrogen (secondary N) is 1. The highest BCUT2D eigenvalue weighted by Gasteiger charge is 2.10. The summed E-state index contributed by atoms with van der Waals surface area (Å²) in [6, 6.07) is 14.0. The van der Waals surface area contributed by atoms with Crippen molar-refractivity contribution in [3.05, 3.63) is 58.4 Å². The molecule has 2 aromatic rings. The molecule has 0 saturated carbocycles. The first-order chi connectivity index (χ1) is 10.1. The van der Waals surface area contributed by atoms with Crippen LogP contribution in [0.15, 0.2) is 30.3 Å². The zero-order valence-electron chi connectivity index (χ0n) is 12.5. The minimum Gasteiger partial charge on any atom is -0.340 e. The van der Waals surface area contributed by atoms with E-state index >= 15 is 0 Å². The third-order valence-corrected chi connectivity index (χ3v) is 3.89. The van der Waals surface area contributed by atoms with Gasteiger partial charge in [-0.1, -0.05) is 12.1 Å². The third-order valence-electron chi connectivity index (χ3n) is 3.89. The molecule has 0 saturated heterocycles. The van der Waals surface area contributed by atoms with Gasteiger partial charge in [-0.3, -0.25) is 0 Å². The summed E-state index contributed by atoms with van der Waals surface area (Å²) in [5.41, 5.74) is 4.72. The molecule has 1 heterocycles. The van der Waals surface area contributed by atoms with Crippen LogP contribution < -0.4 is 5.32 Å². The average Bonchev–Trinajstić information content (AvgIpc) is 2.80. The van der Waals surface area contributed by atoms with Crippen molar-refractivity contribution in [3.8, 4) is 12.1 Å². The standard InChI is InChI=1S/C17H18N4/c1-12(15-6-4-14(9-18)5-7-15)20-11-16-8-17(10-19)21(3)13(16)2/h4-8,12,20H,11H2,1-3H3. The van der Waals surface area contributed by atoms with Gasteiger partial charge in [0.1, 0.15) is 11.8 Å². The topological polar surface area (TPSA) is 64.5 Å². The summed E-state index contributed by atoms with van der Waals surface area (Å²) in [6.07, 6.45) is 0. The molecule has 106 valence electrons. The maximum Gasteiger partial charge on any atom is 0.120 e. The van der Waals surface area contributed by atoms with Gasteiger partial charge in [0.25, 0.3) is 0 Å². The highest BCUT2D eigenvalue weighted by Crippen LogP contribution is 2.17. The molecule has 0 radical (unpaired) electrons. The second-order valence-corrected chi connectivity index (χ2v) is 5.15. The van der Waals surface area contributed by atoms with Crippen LogP contribution in [0.4, 0.5) is 0 Å². The molecule has 1 aromatic carbocycles. The van der Waals surface area contributed by atoms with Gasteiger partial charge in [0.05, 0.1) is 11.6 Å². The predicted molar refractivity (Wildman–Crippen MR) is 81.3 cm³/mol. The average molecular weight is 278 g/mol. The van der Waals surface area contributed by atoms with Crippen molar-refractivity contribution >= 4 is 0 Å². The van der Waals surface area contributed by atoms with Gasteiger partial charge >= 0.3 is 0 Å². The molecule has 4 heteroatoms. The normalized spacial score (nSPS) is 11.7. The zero-order chi connectivity index (χ0) is 15.4. The van der Waals surface area contributed by atoms with Gasteiger partial charge in [-0.05, 0) is 43.2 Å². The van der Waals surface area contributed by atoms with Gasteiger partial charge in [-0.2, -0.15) is 10.5 Å². The Hall–Kier alpha value is -2.56. The Balaban J connectivity index is 2.06. The number of benzene rings is 1. The minimum absolute atomic E-state index is 0.183. The molecule has 4 nitrogen and oxygen atoms in total. The number of rotatable bonds is 4. The van der Waals surface area contributed by atoms with Crippen molar-refractivity contribution in [2.45, 2.75) is 26.4 Å². The fourth-order valence-corrected chi connectivity index (χ4v) is 2.28. The van der Waals surface area contributed by atoms with Crippen LogP contribution in [-0.4, -0.2) is 4.57 Å². The zero-order valence-corrected chi connectivity index (χ0v) is 12.5. The van der Waals surface area contributed by atoms with E-state index in [0.29, 0.717) is 17.8 Å². The molecule has 0 aliphatic heterocycles. The van der Waals surface area contributed by atoms with Gasteiger partial charge in [0, 0.05) is 25.3 Å². The summed E-state index contributed by atoms with van der Waals surface area (Å²) in [4.78, 5) is 0. The quantitative estimate of drug-likeness (QED) is 0.935. The Morgan fingerprint density at radius 3 is 2.38 bits per heavy atom. The van der Waals surface area contributed by atoms with E-state index in [2.05, 4.69) is 24.4 Å². The Bertz CT molecular complexity index is 711. The number of hydrogen-bond donors (Lipinski definition) is 1. The minimum atomic E-state index is 0.183. The van der Waals surface area contributed by atoms with Crippen LogP contribution in [0.2, 0.25) is 0 Å². The van der Waals surface area contributed by atoms with Gasteiger partial charge in [0.15, 0.2) is 0 Å². The Kier molecular flexibility index (Phi) is 4.42. The van der Waals surface area contributed by atoms with E-state index in [-0.39, 0.29) is 6.04 Å². The Morgan fingerprint density at radius 1 is 1.19 bits per heavy atom. The van der Waals surface area contributed by atoms with Gasteiger partial charge in [-0.25, -0.2) is 0 Å². The summed E-state index contributed by atoms with van der Waals surface area (Å²) < 4.78 is 1.91. The van der Waals surface area contributed by atoms with E-state index in [0.717, 1.165) is 16.8 Å². The van der Waals surface area contributed by atoms with E-state index in [1.165, 1.54) is 0 Å². The van der Waals surface area contributed by atoms with Gasteiger partial charge in [-0.15, -0.1) is 0 Å². The second kappa shape index (κ2) is 6.26. The summed E-state index contributed by atoms with van der Waals surface area (Å²) in [7, 11) is 1.90. The summed E-state index contributed by atoms with van der Waals surface area (Å²) in [5.74, 6) is 0. The lowest BCUT2D eigenvalue weighted by molar-refractivity contribution is 0.572. The van der Waals surface area contributed by atoms with Crippen LogP contribution in [0.25, 0.3) is 0 Å². The molecular weight excluding hydrogens is 260 g/mol. The van der Waals surface area contributed by atoms with Crippen molar-refractivity contribution in [1.29, 1.82) is 10.5 Å². The lowest BCUT2D eigenvalue weighted by Crippen LogP contribution is -2.18. The lowest BCUT2D eigenvalue weighted by atomic mass is 10.1. The molecule has 2 rings (SSSR count). The summed E-state index contributed by atoms with van der Waals surface area (Å²) in [6.45, 7) is 4.82. The van der Waals surface area contributed by atoms with Crippen molar-refractivity contribution in [2.24, 2.45) is 7.05 Å². The summed E-state index contributed by atoms with van der Waals surface area (Å²) in [5, 5.41) is 21.3. The molecule has 1 atom stereocenters. The van der Waals surface area contributed by atoms with Gasteiger partial charge < -0.3 is 9.88 Å². The molecule has 1 unspecified atom stereocenters. The van der Waals surface area contributed by atoms with Crippen molar-refractivity contribution < 1.29 is 0 Å². The first kappa shape index (κ1) is 14.8. The number of hydrogen-bond acceptors (Lipinski definition) is 3. The fourth-order valence-electron chi connectivity index (χ4n) is 2.28. The molecule has 1 aromatic heterocycles. The van der Waals surface area contributed by atoms with Crippen LogP contribution in [-0.2, 0) is 13.6 Å². The molecule has 0 amide bonds. The lowest BCUT2D eigenvalue weighted by Gasteiger charge is -2.14. The predicted octanol–water partition coefficient (Wildman–Crippen LogP) is 2.93. The second-order valence-electron chi connectivity index (χ2n) is 5.15. The SMILES string of the molecule is Cc1c(CNC(C)c2ccc(C#N)cc2)cc(C#N)n1C. The van der Waals surface area contributed by atoms with Crippen LogP contribution >= 0.6 is 0 Å². The monoisotopic (exact) mass is 278 g/mol. The molecule has 0 fully saturated rings. The third kappa shape index (κ3) is 3.13. The maximum absolute atomic E-state index is 9.04. The van der Waals surface area contributed by atoms with Crippen LogP contribution in [0.5, 0.6) is 0 Å². The van der Waals surface area contributed by atoms with Crippen molar-refractivity contribution in [1.82, 2.24) is 9.88 Å². The molecule has 0 aliphatic rings. The van der Waals surface area contributed by atoms with Crippen LogP contribution in [0.1, 0.15) is 41.0 Å². The smallest absolute Gasteiger partial charge is 0.120 e. The molecular formula is C17H18N4. The highest BCUT2D eigenvalue weighted by molar-refractivity contribution is 5.35. The Labute approximate surface area is 125 Å². The first-order valence-corrected chi connectivity index (χ1v) is 6.85. The molecule has 0 bridgehead atoms. The van der Waals surface area contributed by atoms with E-state index in [1.807, 2.05) is 48.9 Å². The number of nitrogens with zero attached hydrogens (tertiary/aromatic N) is 3. The largest absolute Gasteiger partial charge is 0.340 e. The van der Waals surface area contributed by atoms with E-state index < -0.39 is 0 Å². The number of nitriles is 2. The van der Waals surface area contributed by atoms with Crippen LogP contribution in [0, 0.1) is 29.6 Å². The number of aromatic nitrogens is 1. The van der Waals surface area contributed by atoms with E-state index in [1.54, 1.807) is 0 Å². The fraction of sp³-hybridized carbons (Fsp3) is 0.294. The first-order valence-electron chi connectivity index (χ1n) is 6.85. The molecule has 1 N–H and O–H groups in total. The van der Waals surface area contributed by atoms with E-state index in [4.69, 9.17) is 10.5 Å². The maximum atomic E-state index is 9.04. The van der Waals surface area contributed by atoms with Crippen LogP contribution in [0.3, 0.4) is 0 Å². The van der Waals surface area contributed by atoms with Crippen molar-refractivity contribution in [2.75, 3.05) is 0 Å². The molecule has 0 spiro atoms. The molecule has 21 heavy (non-hydrogen) atoms. The molecule has 0 aliphatic carbocycles. The summed E-state index contributed by atoms with van der Waals surface area (Å²) >= 11 is 0. The van der Waals surface area contributed by atoms with Gasteiger partial charge in [0.2, 0.25) is 0 Å². The highest BCUT2D eigenvalue weighted by atomic mass is 15.0. The Morgan fingerprint density at radius 2 is 1.86 bits per heavy atom. The van der Waals surface area contributed by atoms with Crippen molar-refractivity contribution in [3.63, 3.8) is 0 Å².